The van der Waals surface area contributed by atoms with E-state index in [0.717, 1.165) is 5.56 Å². The van der Waals surface area contributed by atoms with Crippen LogP contribution >= 0.6 is 11.6 Å². The van der Waals surface area contributed by atoms with Gasteiger partial charge in [-0.25, -0.2) is 8.42 Å². The van der Waals surface area contributed by atoms with Gasteiger partial charge in [-0.3, -0.25) is 9.59 Å². The first-order valence-electron chi connectivity index (χ1n) is 10.7. The van der Waals surface area contributed by atoms with Gasteiger partial charge < -0.3 is 10.6 Å². The van der Waals surface area contributed by atoms with Gasteiger partial charge >= 0.3 is 0 Å². The van der Waals surface area contributed by atoms with E-state index in [9.17, 15) is 18.0 Å². The van der Waals surface area contributed by atoms with Crippen LogP contribution in [-0.4, -0.2) is 50.2 Å². The molecule has 2 aromatic rings. The van der Waals surface area contributed by atoms with E-state index in [1.807, 2.05) is 13.0 Å². The van der Waals surface area contributed by atoms with Gasteiger partial charge in [-0.1, -0.05) is 35.4 Å². The van der Waals surface area contributed by atoms with Gasteiger partial charge in [-0.2, -0.15) is 4.31 Å². The Hall–Kier alpha value is -2.68. The van der Waals surface area contributed by atoms with Crippen LogP contribution in [-0.2, 0) is 14.8 Å². The molecule has 0 radical (unpaired) electrons. The van der Waals surface area contributed by atoms with Gasteiger partial charge in [0.15, 0.2) is 0 Å². The average Bonchev–Trinajstić information content (AvgIpc) is 2.81. The van der Waals surface area contributed by atoms with E-state index in [2.05, 4.69) is 17.2 Å². The number of hydrogen-bond acceptors (Lipinski definition) is 4. The fourth-order valence-corrected chi connectivity index (χ4v) is 5.49. The standard InChI is InChI=1S/C24H28ClN3O4S/c1-3-13-26-24(30)22(27-23(29)19-6-4-5-17(2)16-19)18-11-14-28(15-12-18)33(31,32)21-9-7-20(25)8-10-21/h3-10,16,18,22H,1,11-15H2,2H3,(H,26,30)(H,27,29). The van der Waals surface area contributed by atoms with Crippen LogP contribution in [0.25, 0.3) is 0 Å². The fraction of sp³-hybridized carbons (Fsp3) is 0.333. The molecule has 1 aliphatic heterocycles. The predicted octanol–water partition coefficient (Wildman–Crippen LogP) is 3.15. The van der Waals surface area contributed by atoms with Crippen LogP contribution in [0.2, 0.25) is 5.02 Å². The van der Waals surface area contributed by atoms with Crippen molar-refractivity contribution >= 4 is 33.4 Å². The highest BCUT2D eigenvalue weighted by Crippen LogP contribution is 2.27. The van der Waals surface area contributed by atoms with Crippen molar-refractivity contribution in [3.63, 3.8) is 0 Å². The van der Waals surface area contributed by atoms with Gasteiger partial charge in [0, 0.05) is 30.2 Å². The summed E-state index contributed by atoms with van der Waals surface area (Å²) in [6.07, 6.45) is 2.44. The molecule has 176 valence electrons. The molecule has 2 aromatic carbocycles. The van der Waals surface area contributed by atoms with Gasteiger partial charge in [0.2, 0.25) is 15.9 Å². The van der Waals surface area contributed by atoms with Crippen molar-refractivity contribution in [1.82, 2.24) is 14.9 Å². The van der Waals surface area contributed by atoms with E-state index in [1.54, 1.807) is 36.4 Å². The highest BCUT2D eigenvalue weighted by molar-refractivity contribution is 7.89. The summed E-state index contributed by atoms with van der Waals surface area (Å²) in [5.41, 5.74) is 1.41. The summed E-state index contributed by atoms with van der Waals surface area (Å²) in [4.78, 5) is 25.9. The van der Waals surface area contributed by atoms with Gasteiger partial charge in [0.05, 0.1) is 4.90 Å². The lowest BCUT2D eigenvalue weighted by atomic mass is 9.89. The molecule has 1 atom stereocenters. The molecule has 2 amide bonds. The number of halogens is 1. The molecule has 33 heavy (non-hydrogen) atoms. The summed E-state index contributed by atoms with van der Waals surface area (Å²) in [7, 11) is -3.66. The minimum Gasteiger partial charge on any atom is -0.351 e. The molecule has 7 nitrogen and oxygen atoms in total. The molecule has 0 bridgehead atoms. The normalized spacial score (nSPS) is 16.1. The van der Waals surface area contributed by atoms with E-state index < -0.39 is 16.1 Å². The van der Waals surface area contributed by atoms with Gasteiger partial charge in [0.25, 0.3) is 5.91 Å². The number of sulfonamides is 1. The van der Waals surface area contributed by atoms with E-state index >= 15 is 0 Å². The second kappa shape index (κ2) is 11.0. The quantitative estimate of drug-likeness (QED) is 0.557. The Morgan fingerprint density at radius 1 is 1.18 bits per heavy atom. The number of carbonyl (C=O) groups excluding carboxylic acids is 2. The minimum atomic E-state index is -3.66. The Kier molecular flexibility index (Phi) is 8.29. The molecule has 9 heteroatoms. The molecule has 2 N–H and O–H groups in total. The van der Waals surface area contributed by atoms with Crippen molar-refractivity contribution in [2.75, 3.05) is 19.6 Å². The highest BCUT2D eigenvalue weighted by atomic mass is 35.5. The van der Waals surface area contributed by atoms with Crippen LogP contribution in [0.15, 0.2) is 66.1 Å². The van der Waals surface area contributed by atoms with Gasteiger partial charge in [-0.05, 0) is 62.1 Å². The Morgan fingerprint density at radius 3 is 2.45 bits per heavy atom. The van der Waals surface area contributed by atoms with Crippen LogP contribution < -0.4 is 10.6 Å². The van der Waals surface area contributed by atoms with Gasteiger partial charge in [-0.15, -0.1) is 6.58 Å². The molecule has 1 saturated heterocycles. The number of hydrogen-bond donors (Lipinski definition) is 2. The number of nitrogens with one attached hydrogen (secondary N) is 2. The molecule has 0 aliphatic carbocycles. The van der Waals surface area contributed by atoms with Crippen molar-refractivity contribution < 1.29 is 18.0 Å². The third-order valence-corrected chi connectivity index (χ3v) is 7.86. The van der Waals surface area contributed by atoms with E-state index in [0.29, 0.717) is 23.4 Å². The Bertz CT molecular complexity index is 1110. The molecule has 0 aromatic heterocycles. The van der Waals surface area contributed by atoms with Crippen molar-refractivity contribution in [3.8, 4) is 0 Å². The molecule has 3 rings (SSSR count). The molecule has 1 unspecified atom stereocenters. The molecule has 1 heterocycles. The number of aryl methyl sites for hydroxylation is 1. The lowest BCUT2D eigenvalue weighted by Gasteiger charge is -2.35. The number of nitrogens with zero attached hydrogens (tertiary/aromatic N) is 1. The van der Waals surface area contributed by atoms with E-state index in [1.165, 1.54) is 16.4 Å². The van der Waals surface area contributed by atoms with Crippen molar-refractivity contribution in [1.29, 1.82) is 0 Å². The third-order valence-electron chi connectivity index (χ3n) is 5.69. The summed E-state index contributed by atoms with van der Waals surface area (Å²) < 4.78 is 27.3. The maximum atomic E-state index is 13.0. The Labute approximate surface area is 199 Å². The molecule has 0 spiro atoms. The summed E-state index contributed by atoms with van der Waals surface area (Å²) in [5.74, 6) is -0.858. The SMILES string of the molecule is C=CCNC(=O)C(NC(=O)c1cccc(C)c1)C1CCN(S(=O)(=O)c2ccc(Cl)cc2)CC1. The summed E-state index contributed by atoms with van der Waals surface area (Å²) in [6, 6.07) is 12.4. The van der Waals surface area contributed by atoms with Crippen LogP contribution in [0.1, 0.15) is 28.8 Å². The lowest BCUT2D eigenvalue weighted by Crippen LogP contribution is -2.53. The average molecular weight is 490 g/mol. The zero-order valence-electron chi connectivity index (χ0n) is 18.5. The molecular formula is C24H28ClN3O4S. The Balaban J connectivity index is 1.73. The van der Waals surface area contributed by atoms with Crippen molar-refractivity contribution in [2.24, 2.45) is 5.92 Å². The zero-order chi connectivity index (χ0) is 24.0. The Morgan fingerprint density at radius 2 is 1.85 bits per heavy atom. The first-order chi connectivity index (χ1) is 15.7. The second-order valence-corrected chi connectivity index (χ2v) is 10.4. The highest BCUT2D eigenvalue weighted by Gasteiger charge is 2.36. The maximum Gasteiger partial charge on any atom is 0.251 e. The smallest absolute Gasteiger partial charge is 0.251 e. The lowest BCUT2D eigenvalue weighted by molar-refractivity contribution is -0.124. The number of benzene rings is 2. The summed E-state index contributed by atoms with van der Waals surface area (Å²) >= 11 is 5.87. The number of carbonyl (C=O) groups is 2. The first-order valence-corrected chi connectivity index (χ1v) is 12.6. The van der Waals surface area contributed by atoms with Crippen molar-refractivity contribution in [3.05, 3.63) is 77.3 Å². The molecule has 0 saturated carbocycles. The largest absolute Gasteiger partial charge is 0.351 e. The molecular weight excluding hydrogens is 462 g/mol. The van der Waals surface area contributed by atoms with Gasteiger partial charge in [0.1, 0.15) is 6.04 Å². The van der Waals surface area contributed by atoms with Crippen LogP contribution in [0, 0.1) is 12.8 Å². The molecule has 1 fully saturated rings. The summed E-state index contributed by atoms with van der Waals surface area (Å²) in [6.45, 7) is 6.28. The molecule has 1 aliphatic rings. The third kappa shape index (κ3) is 6.22. The maximum absolute atomic E-state index is 13.0. The van der Waals surface area contributed by atoms with Crippen molar-refractivity contribution in [2.45, 2.75) is 30.7 Å². The zero-order valence-corrected chi connectivity index (χ0v) is 20.0. The van der Waals surface area contributed by atoms with Crippen LogP contribution in [0.3, 0.4) is 0 Å². The van der Waals surface area contributed by atoms with Crippen LogP contribution in [0.4, 0.5) is 0 Å². The summed E-state index contributed by atoms with van der Waals surface area (Å²) in [5, 5.41) is 6.08. The van der Waals surface area contributed by atoms with E-state index in [4.69, 9.17) is 11.6 Å². The number of piperidine rings is 1. The topological polar surface area (TPSA) is 95.6 Å². The van der Waals surface area contributed by atoms with Crippen LogP contribution in [0.5, 0.6) is 0 Å². The second-order valence-electron chi connectivity index (χ2n) is 8.05. The fourth-order valence-electron chi connectivity index (χ4n) is 3.90. The number of rotatable bonds is 8. The minimum absolute atomic E-state index is 0.179. The first kappa shape index (κ1) is 25.0. The number of amides is 2. The predicted molar refractivity (Wildman–Crippen MR) is 129 cm³/mol. The van der Waals surface area contributed by atoms with E-state index in [-0.39, 0.29) is 42.3 Å². The monoisotopic (exact) mass is 489 g/mol.